The Kier molecular flexibility index (Phi) is 3.11. The van der Waals surface area contributed by atoms with Gasteiger partial charge < -0.3 is 9.55 Å². The van der Waals surface area contributed by atoms with E-state index < -0.39 is 0 Å². The van der Waals surface area contributed by atoms with Crippen molar-refractivity contribution in [1.29, 1.82) is 0 Å². The molecule has 1 N–H and O–H groups in total. The average Bonchev–Trinajstić information content (AvgIpc) is 2.55. The smallest absolute Gasteiger partial charge is 0.179 e. The SMILES string of the molecule is CSC(C)Cn1c(=S)[nH]c2cccnc21. The van der Waals surface area contributed by atoms with Gasteiger partial charge in [0.15, 0.2) is 10.4 Å². The number of fused-ring (bicyclic) bond motifs is 1. The van der Waals surface area contributed by atoms with Crippen molar-refractivity contribution >= 4 is 35.1 Å². The van der Waals surface area contributed by atoms with E-state index >= 15 is 0 Å². The molecule has 1 atom stereocenters. The molecule has 5 heteroatoms. The summed E-state index contributed by atoms with van der Waals surface area (Å²) < 4.78 is 2.82. The molecule has 0 amide bonds. The van der Waals surface area contributed by atoms with Gasteiger partial charge in [0.05, 0.1) is 5.52 Å². The summed E-state index contributed by atoms with van der Waals surface area (Å²) in [6, 6.07) is 3.91. The van der Waals surface area contributed by atoms with Crippen LogP contribution in [0.4, 0.5) is 0 Å². The van der Waals surface area contributed by atoms with E-state index in [2.05, 4.69) is 27.7 Å². The lowest BCUT2D eigenvalue weighted by Crippen LogP contribution is -2.09. The second-order valence-corrected chi connectivity index (χ2v) is 5.12. The van der Waals surface area contributed by atoms with Crippen molar-refractivity contribution in [2.24, 2.45) is 0 Å². The number of H-pyrrole nitrogens is 1. The summed E-state index contributed by atoms with van der Waals surface area (Å²) in [5.41, 5.74) is 1.96. The predicted octanol–water partition coefficient (Wildman–Crippen LogP) is 2.85. The Hall–Kier alpha value is -0.810. The quantitative estimate of drug-likeness (QED) is 0.836. The van der Waals surface area contributed by atoms with E-state index in [1.54, 1.807) is 6.20 Å². The average molecular weight is 239 g/mol. The van der Waals surface area contributed by atoms with Crippen molar-refractivity contribution in [3.63, 3.8) is 0 Å². The van der Waals surface area contributed by atoms with E-state index in [4.69, 9.17) is 12.2 Å². The molecule has 0 aromatic carbocycles. The summed E-state index contributed by atoms with van der Waals surface area (Å²) in [6.07, 6.45) is 3.90. The van der Waals surface area contributed by atoms with Crippen molar-refractivity contribution in [2.75, 3.05) is 6.26 Å². The van der Waals surface area contributed by atoms with Gasteiger partial charge in [0.25, 0.3) is 0 Å². The zero-order valence-electron chi connectivity index (χ0n) is 8.73. The Bertz CT molecular complexity index is 515. The molecule has 0 aliphatic heterocycles. The highest BCUT2D eigenvalue weighted by atomic mass is 32.2. The van der Waals surface area contributed by atoms with Crippen LogP contribution < -0.4 is 0 Å². The highest BCUT2D eigenvalue weighted by Crippen LogP contribution is 2.14. The molecule has 0 bridgehead atoms. The monoisotopic (exact) mass is 239 g/mol. The summed E-state index contributed by atoms with van der Waals surface area (Å²) in [4.78, 5) is 7.51. The van der Waals surface area contributed by atoms with Gasteiger partial charge in [0.1, 0.15) is 0 Å². The van der Waals surface area contributed by atoms with Crippen molar-refractivity contribution in [3.8, 4) is 0 Å². The maximum atomic E-state index is 5.28. The molecule has 2 heterocycles. The van der Waals surface area contributed by atoms with Crippen LogP contribution >= 0.6 is 24.0 Å². The molecule has 1 unspecified atom stereocenters. The molecular weight excluding hydrogens is 226 g/mol. The number of nitrogens with one attached hydrogen (secondary N) is 1. The van der Waals surface area contributed by atoms with Crippen molar-refractivity contribution in [3.05, 3.63) is 23.1 Å². The lowest BCUT2D eigenvalue weighted by atomic mass is 10.4. The van der Waals surface area contributed by atoms with Crippen LogP contribution in [-0.2, 0) is 6.54 Å². The van der Waals surface area contributed by atoms with Gasteiger partial charge in [-0.3, -0.25) is 0 Å². The molecule has 0 saturated heterocycles. The Morgan fingerprint density at radius 1 is 1.67 bits per heavy atom. The zero-order valence-corrected chi connectivity index (χ0v) is 10.4. The van der Waals surface area contributed by atoms with Crippen molar-refractivity contribution < 1.29 is 0 Å². The number of hydrogen-bond acceptors (Lipinski definition) is 3. The molecule has 0 spiro atoms. The molecule has 0 aliphatic carbocycles. The molecule has 2 aromatic heterocycles. The van der Waals surface area contributed by atoms with Crippen LogP contribution in [0.1, 0.15) is 6.92 Å². The highest BCUT2D eigenvalue weighted by Gasteiger charge is 2.07. The van der Waals surface area contributed by atoms with Gasteiger partial charge in [-0.05, 0) is 30.6 Å². The second-order valence-electron chi connectivity index (χ2n) is 3.46. The Labute approximate surface area is 97.9 Å². The lowest BCUT2D eigenvalue weighted by molar-refractivity contribution is 0.697. The van der Waals surface area contributed by atoms with Gasteiger partial charge in [-0.25, -0.2) is 4.98 Å². The van der Waals surface area contributed by atoms with Gasteiger partial charge in [-0.15, -0.1) is 0 Å². The number of imidazole rings is 1. The van der Waals surface area contributed by atoms with Crippen LogP contribution in [0.15, 0.2) is 18.3 Å². The molecule has 80 valence electrons. The fourth-order valence-corrected chi connectivity index (χ4v) is 2.06. The lowest BCUT2D eigenvalue weighted by Gasteiger charge is -2.09. The van der Waals surface area contributed by atoms with Gasteiger partial charge in [-0.1, -0.05) is 6.92 Å². The summed E-state index contributed by atoms with van der Waals surface area (Å²) in [5, 5.41) is 0.540. The first kappa shape index (κ1) is 10.7. The van der Waals surface area contributed by atoms with Crippen LogP contribution in [0.3, 0.4) is 0 Å². The molecule has 15 heavy (non-hydrogen) atoms. The van der Waals surface area contributed by atoms with E-state index in [1.165, 1.54) is 0 Å². The topological polar surface area (TPSA) is 33.6 Å². The maximum Gasteiger partial charge on any atom is 0.179 e. The van der Waals surface area contributed by atoms with E-state index in [0.29, 0.717) is 5.25 Å². The zero-order chi connectivity index (χ0) is 10.8. The molecule has 0 aliphatic rings. The molecular formula is C10H13N3S2. The normalized spacial score (nSPS) is 13.2. The first-order valence-electron chi connectivity index (χ1n) is 4.78. The third-order valence-electron chi connectivity index (χ3n) is 2.37. The summed E-state index contributed by atoms with van der Waals surface area (Å²) >= 11 is 7.11. The summed E-state index contributed by atoms with van der Waals surface area (Å²) in [5.74, 6) is 0. The number of thioether (sulfide) groups is 1. The van der Waals surface area contributed by atoms with Gasteiger partial charge >= 0.3 is 0 Å². The number of rotatable bonds is 3. The minimum Gasteiger partial charge on any atom is -0.329 e. The number of aromatic amines is 1. The first-order chi connectivity index (χ1) is 7.22. The minimum absolute atomic E-state index is 0.540. The number of pyridine rings is 1. The third-order valence-corrected chi connectivity index (χ3v) is 3.65. The van der Waals surface area contributed by atoms with Gasteiger partial charge in [0.2, 0.25) is 0 Å². The number of aromatic nitrogens is 3. The summed E-state index contributed by atoms with van der Waals surface area (Å²) in [7, 11) is 0. The van der Waals surface area contributed by atoms with Crippen molar-refractivity contribution in [1.82, 2.24) is 14.5 Å². The largest absolute Gasteiger partial charge is 0.329 e. The van der Waals surface area contributed by atoms with Crippen LogP contribution in [0.2, 0.25) is 0 Å². The van der Waals surface area contributed by atoms with Crippen LogP contribution in [-0.4, -0.2) is 26.0 Å². The van der Waals surface area contributed by atoms with Crippen LogP contribution in [0.25, 0.3) is 11.2 Å². The van der Waals surface area contributed by atoms with Crippen LogP contribution in [0, 0.1) is 4.77 Å². The van der Waals surface area contributed by atoms with Gasteiger partial charge in [0, 0.05) is 18.0 Å². The summed E-state index contributed by atoms with van der Waals surface area (Å²) in [6.45, 7) is 3.09. The highest BCUT2D eigenvalue weighted by molar-refractivity contribution is 7.99. The fourth-order valence-electron chi connectivity index (χ4n) is 1.49. The van der Waals surface area contributed by atoms with Gasteiger partial charge in [-0.2, -0.15) is 11.8 Å². The third kappa shape index (κ3) is 2.08. The Balaban J connectivity index is 2.50. The predicted molar refractivity (Wildman–Crippen MR) is 67.9 cm³/mol. The standard InChI is InChI=1S/C10H13N3S2/c1-7(15-2)6-13-9-8(12-10(13)14)4-3-5-11-9/h3-5,7H,6H2,1-2H3,(H,12,14). The number of nitrogens with zero attached hydrogens (tertiary/aromatic N) is 2. The van der Waals surface area contributed by atoms with Crippen LogP contribution in [0.5, 0.6) is 0 Å². The Morgan fingerprint density at radius 3 is 3.20 bits per heavy atom. The van der Waals surface area contributed by atoms with E-state index in [0.717, 1.165) is 22.5 Å². The van der Waals surface area contributed by atoms with E-state index in [-0.39, 0.29) is 0 Å². The molecule has 3 nitrogen and oxygen atoms in total. The van der Waals surface area contributed by atoms with Crippen molar-refractivity contribution in [2.45, 2.75) is 18.7 Å². The molecule has 0 fully saturated rings. The molecule has 0 saturated carbocycles. The first-order valence-corrected chi connectivity index (χ1v) is 6.48. The maximum absolute atomic E-state index is 5.28. The molecule has 2 rings (SSSR count). The van der Waals surface area contributed by atoms with E-state index in [1.807, 2.05) is 23.9 Å². The number of hydrogen-bond donors (Lipinski definition) is 1. The van der Waals surface area contributed by atoms with E-state index in [9.17, 15) is 0 Å². The molecule has 0 radical (unpaired) electrons. The molecule has 2 aromatic rings. The fraction of sp³-hybridized carbons (Fsp3) is 0.400. The second kappa shape index (κ2) is 4.37. The Morgan fingerprint density at radius 2 is 2.47 bits per heavy atom. The minimum atomic E-state index is 0.540.